The number of nitrogens with zero attached hydrogens (tertiary/aromatic N) is 2. The minimum Gasteiger partial charge on any atom is -0.243 e. The average Bonchev–Trinajstić information content (AvgIpc) is 2.73. The van der Waals surface area contributed by atoms with Gasteiger partial charge in [0.25, 0.3) is 0 Å². The minimum absolute atomic E-state index is 0.918. The van der Waals surface area contributed by atoms with Crippen LogP contribution in [0.5, 0.6) is 0 Å². The highest BCUT2D eigenvalue weighted by Gasteiger charge is 2.10. The van der Waals surface area contributed by atoms with Gasteiger partial charge in [-0.05, 0) is 68.8 Å². The average molecular weight is 458 g/mol. The van der Waals surface area contributed by atoms with Gasteiger partial charge in [-0.2, -0.15) is 0 Å². The molecule has 0 amide bonds. The maximum atomic E-state index is 4.86. The Morgan fingerprint density at radius 1 is 0.519 bits per heavy atom. The molecule has 0 aliphatic heterocycles. The number of para-hydroxylation sites is 2. The lowest BCUT2D eigenvalue weighted by Gasteiger charge is -2.09. The normalized spacial score (nSPS) is 11.1. The smallest absolute Gasteiger partial charge is 0.128 e. The Balaban J connectivity index is 1.64. The number of benzene rings is 4. The predicted octanol–water partition coefficient (Wildman–Crippen LogP) is 6.72. The van der Waals surface area contributed by atoms with Gasteiger partial charge in [0.15, 0.2) is 0 Å². The summed E-state index contributed by atoms with van der Waals surface area (Å²) in [7, 11) is 0. The molecule has 0 aliphatic rings. The van der Waals surface area contributed by atoms with Crippen molar-refractivity contribution in [2.24, 2.45) is 0 Å². The molecule has 2 nitrogen and oxygen atoms in total. The van der Waals surface area contributed by atoms with Gasteiger partial charge < -0.3 is 0 Å². The molecule has 0 atom stereocenters. The van der Waals surface area contributed by atoms with Gasteiger partial charge in [-0.3, -0.25) is 0 Å². The second-order valence-corrected chi connectivity index (χ2v) is 7.52. The summed E-state index contributed by atoms with van der Waals surface area (Å²) in [6.07, 6.45) is 0. The molecular weight excluding hydrogens is 443 g/mol. The highest BCUT2D eigenvalue weighted by molar-refractivity contribution is 14.1. The highest BCUT2D eigenvalue weighted by atomic mass is 127. The van der Waals surface area contributed by atoms with Crippen molar-refractivity contribution in [3.63, 3.8) is 0 Å². The van der Waals surface area contributed by atoms with Gasteiger partial charge in [0.1, 0.15) is 9.39 Å². The lowest BCUT2D eigenvalue weighted by molar-refractivity contribution is 1.25. The molecule has 3 heteroatoms. The molecule has 0 fully saturated rings. The minimum atomic E-state index is 0.918. The van der Waals surface area contributed by atoms with E-state index in [1.807, 2.05) is 24.3 Å². The molecule has 0 saturated heterocycles. The summed E-state index contributed by atoms with van der Waals surface area (Å²) in [4.78, 5) is 9.58. The Hall–Kier alpha value is -2.79. The first-order chi connectivity index (χ1) is 13.3. The van der Waals surface area contributed by atoms with Gasteiger partial charge in [-0.15, -0.1) is 0 Å². The van der Waals surface area contributed by atoms with Crippen molar-refractivity contribution in [3.8, 4) is 22.4 Å². The second kappa shape index (κ2) is 6.74. The highest BCUT2D eigenvalue weighted by Crippen LogP contribution is 2.30. The first kappa shape index (κ1) is 16.4. The lowest BCUT2D eigenvalue weighted by Crippen LogP contribution is -1.94. The fraction of sp³-hybridized carbons (Fsp3) is 0. The van der Waals surface area contributed by atoms with Crippen molar-refractivity contribution in [1.82, 2.24) is 9.97 Å². The molecular formula is C24H15IN2. The largest absolute Gasteiger partial charge is 0.243 e. The number of rotatable bonds is 2. The van der Waals surface area contributed by atoms with E-state index in [4.69, 9.17) is 9.97 Å². The third kappa shape index (κ3) is 3.08. The number of hydrogen-bond donors (Lipinski definition) is 0. The topological polar surface area (TPSA) is 25.8 Å². The van der Waals surface area contributed by atoms with Crippen LogP contribution in [0.3, 0.4) is 0 Å². The fourth-order valence-electron chi connectivity index (χ4n) is 3.38. The van der Waals surface area contributed by atoms with E-state index < -0.39 is 0 Å². The van der Waals surface area contributed by atoms with E-state index in [0.717, 1.165) is 26.0 Å². The maximum Gasteiger partial charge on any atom is 0.128 e. The van der Waals surface area contributed by atoms with Gasteiger partial charge in [-0.25, -0.2) is 9.97 Å². The van der Waals surface area contributed by atoms with Crippen LogP contribution in [0, 0.1) is 3.70 Å². The van der Waals surface area contributed by atoms with Crippen LogP contribution < -0.4 is 0 Å². The molecule has 5 rings (SSSR count). The Bertz CT molecular complexity index is 1290. The van der Waals surface area contributed by atoms with Crippen LogP contribution in [0.4, 0.5) is 0 Å². The van der Waals surface area contributed by atoms with E-state index in [1.165, 1.54) is 21.9 Å². The fourth-order valence-corrected chi connectivity index (χ4v) is 4.07. The molecule has 0 saturated carbocycles. The third-order valence-corrected chi connectivity index (χ3v) is 5.50. The number of fused-ring (bicyclic) bond motifs is 2. The molecule has 1 heterocycles. The zero-order valence-electron chi connectivity index (χ0n) is 14.4. The summed E-state index contributed by atoms with van der Waals surface area (Å²) >= 11 is 2.28. The van der Waals surface area contributed by atoms with Crippen LogP contribution in [-0.2, 0) is 0 Å². The predicted molar refractivity (Wildman–Crippen MR) is 121 cm³/mol. The van der Waals surface area contributed by atoms with Crippen molar-refractivity contribution in [2.75, 3.05) is 0 Å². The van der Waals surface area contributed by atoms with E-state index in [1.54, 1.807) is 0 Å². The molecule has 5 aromatic rings. The van der Waals surface area contributed by atoms with Crippen LogP contribution in [0.15, 0.2) is 91.0 Å². The van der Waals surface area contributed by atoms with Gasteiger partial charge in [-0.1, -0.05) is 66.7 Å². The Labute approximate surface area is 171 Å². The molecule has 4 aromatic carbocycles. The molecule has 0 bridgehead atoms. The van der Waals surface area contributed by atoms with Gasteiger partial charge in [0.2, 0.25) is 0 Å². The Morgan fingerprint density at radius 3 is 2.04 bits per heavy atom. The SMILES string of the molecule is Ic1nc2ccccc2nc1-c1cccc(-c2ccc3ccccc3c2)c1. The quantitative estimate of drug-likeness (QED) is 0.275. The van der Waals surface area contributed by atoms with Gasteiger partial charge in [0, 0.05) is 5.56 Å². The van der Waals surface area contributed by atoms with E-state index in [0.29, 0.717) is 0 Å². The molecule has 0 spiro atoms. The van der Waals surface area contributed by atoms with E-state index in [-0.39, 0.29) is 0 Å². The first-order valence-electron chi connectivity index (χ1n) is 8.80. The molecule has 27 heavy (non-hydrogen) atoms. The van der Waals surface area contributed by atoms with Crippen LogP contribution >= 0.6 is 22.6 Å². The maximum absolute atomic E-state index is 4.86. The zero-order valence-corrected chi connectivity index (χ0v) is 16.6. The van der Waals surface area contributed by atoms with Crippen molar-refractivity contribution >= 4 is 44.4 Å². The summed E-state index contributed by atoms with van der Waals surface area (Å²) in [5, 5.41) is 2.51. The van der Waals surface area contributed by atoms with Crippen molar-refractivity contribution in [1.29, 1.82) is 0 Å². The monoisotopic (exact) mass is 458 g/mol. The summed E-state index contributed by atoms with van der Waals surface area (Å²) in [5.41, 5.74) is 6.25. The van der Waals surface area contributed by atoms with Crippen LogP contribution in [0.2, 0.25) is 0 Å². The summed E-state index contributed by atoms with van der Waals surface area (Å²) in [6, 6.07) is 31.6. The summed E-state index contributed by atoms with van der Waals surface area (Å²) in [5.74, 6) is 0. The number of halogens is 1. The number of aromatic nitrogens is 2. The first-order valence-corrected chi connectivity index (χ1v) is 9.88. The summed E-state index contributed by atoms with van der Waals surface area (Å²) < 4.78 is 0.918. The molecule has 0 N–H and O–H groups in total. The van der Waals surface area contributed by atoms with E-state index in [2.05, 4.69) is 89.3 Å². The zero-order chi connectivity index (χ0) is 18.2. The molecule has 128 valence electrons. The third-order valence-electron chi connectivity index (χ3n) is 4.75. The van der Waals surface area contributed by atoms with Crippen LogP contribution in [0.25, 0.3) is 44.2 Å². The van der Waals surface area contributed by atoms with Crippen molar-refractivity contribution in [3.05, 3.63) is 94.7 Å². The van der Waals surface area contributed by atoms with Crippen LogP contribution in [-0.4, -0.2) is 9.97 Å². The lowest BCUT2D eigenvalue weighted by atomic mass is 9.99. The molecule has 1 aromatic heterocycles. The van der Waals surface area contributed by atoms with Gasteiger partial charge in [0.05, 0.1) is 11.0 Å². The van der Waals surface area contributed by atoms with Crippen LogP contribution in [0.1, 0.15) is 0 Å². The Kier molecular flexibility index (Phi) is 4.09. The number of hydrogen-bond acceptors (Lipinski definition) is 2. The molecule has 0 aliphatic carbocycles. The van der Waals surface area contributed by atoms with E-state index in [9.17, 15) is 0 Å². The molecule has 0 radical (unpaired) electrons. The Morgan fingerprint density at radius 2 is 1.19 bits per heavy atom. The summed E-state index contributed by atoms with van der Waals surface area (Å²) in [6.45, 7) is 0. The molecule has 0 unspecified atom stereocenters. The van der Waals surface area contributed by atoms with Crippen molar-refractivity contribution < 1.29 is 0 Å². The van der Waals surface area contributed by atoms with Crippen molar-refractivity contribution in [2.45, 2.75) is 0 Å². The van der Waals surface area contributed by atoms with E-state index >= 15 is 0 Å². The second-order valence-electron chi connectivity index (χ2n) is 6.49. The standard InChI is InChI=1S/C24H15IN2/c25-24-23(26-21-10-3-4-11-22(21)27-24)20-9-5-8-18(15-20)19-13-12-16-6-1-2-7-17(16)14-19/h1-15H. The van der Waals surface area contributed by atoms with Gasteiger partial charge >= 0.3 is 0 Å².